The second-order valence-corrected chi connectivity index (χ2v) is 5.93. The summed E-state index contributed by atoms with van der Waals surface area (Å²) in [5, 5.41) is 7.97. The summed E-state index contributed by atoms with van der Waals surface area (Å²) in [6.45, 7) is 4.50. The van der Waals surface area contributed by atoms with Crippen LogP contribution in [0.2, 0.25) is 15.1 Å². The summed E-state index contributed by atoms with van der Waals surface area (Å²) >= 11 is 18.4. The fourth-order valence-electron chi connectivity index (χ4n) is 2.06. The van der Waals surface area contributed by atoms with Gasteiger partial charge in [-0.05, 0) is 44.2 Å². The Bertz CT molecular complexity index is 714. The molecule has 2 rings (SSSR count). The molecular weight excluding hydrogens is 341 g/mol. The highest BCUT2D eigenvalue weighted by molar-refractivity contribution is 6.43. The lowest BCUT2D eigenvalue weighted by molar-refractivity contribution is 0.892. The Morgan fingerprint density at radius 1 is 1.18 bits per heavy atom. The van der Waals surface area contributed by atoms with Crippen molar-refractivity contribution >= 4 is 51.9 Å². The maximum absolute atomic E-state index is 6.26. The standard InChI is InChI=1S/C16H16Cl3N3/c1-3-22(15-6-4-5-13(18)16(15)19)21-10(2)12-9-11(17)7-8-14(12)20/h4-9H,3,20H2,1-2H3/b21-10+. The van der Waals surface area contributed by atoms with Gasteiger partial charge >= 0.3 is 0 Å². The molecule has 0 aromatic heterocycles. The predicted octanol–water partition coefficient (Wildman–Crippen LogP) is 5.48. The summed E-state index contributed by atoms with van der Waals surface area (Å²) in [6, 6.07) is 10.8. The highest BCUT2D eigenvalue weighted by atomic mass is 35.5. The molecule has 0 unspecified atom stereocenters. The molecule has 0 fully saturated rings. The average Bonchev–Trinajstić information content (AvgIpc) is 2.50. The number of anilines is 2. The van der Waals surface area contributed by atoms with Gasteiger partial charge in [-0.3, -0.25) is 5.01 Å². The van der Waals surface area contributed by atoms with Crippen LogP contribution in [0.15, 0.2) is 41.5 Å². The third kappa shape index (κ3) is 3.67. The molecule has 2 aromatic rings. The summed E-state index contributed by atoms with van der Waals surface area (Å²) < 4.78 is 0. The van der Waals surface area contributed by atoms with Crippen LogP contribution in [-0.2, 0) is 0 Å². The van der Waals surface area contributed by atoms with Crippen LogP contribution < -0.4 is 10.7 Å². The Labute approximate surface area is 145 Å². The molecule has 0 aliphatic heterocycles. The van der Waals surface area contributed by atoms with E-state index in [0.29, 0.717) is 27.3 Å². The Morgan fingerprint density at radius 2 is 1.91 bits per heavy atom. The first-order valence-corrected chi connectivity index (χ1v) is 7.89. The molecule has 0 radical (unpaired) electrons. The Balaban J connectivity index is 2.44. The number of hydrogen-bond donors (Lipinski definition) is 1. The smallest absolute Gasteiger partial charge is 0.0845 e. The highest BCUT2D eigenvalue weighted by Gasteiger charge is 2.12. The van der Waals surface area contributed by atoms with Gasteiger partial charge in [0, 0.05) is 22.8 Å². The van der Waals surface area contributed by atoms with Crippen molar-refractivity contribution in [1.29, 1.82) is 0 Å². The summed E-state index contributed by atoms with van der Waals surface area (Å²) in [5.74, 6) is 0. The molecule has 6 heteroatoms. The first kappa shape index (κ1) is 16.9. The number of hydrogen-bond acceptors (Lipinski definition) is 3. The van der Waals surface area contributed by atoms with Crippen molar-refractivity contribution in [2.45, 2.75) is 13.8 Å². The van der Waals surface area contributed by atoms with Crippen molar-refractivity contribution in [3.05, 3.63) is 57.0 Å². The van der Waals surface area contributed by atoms with E-state index in [1.165, 1.54) is 0 Å². The second-order valence-electron chi connectivity index (χ2n) is 4.71. The van der Waals surface area contributed by atoms with E-state index in [1.807, 2.05) is 26.0 Å². The summed E-state index contributed by atoms with van der Waals surface area (Å²) in [6.07, 6.45) is 0. The second kappa shape index (κ2) is 7.23. The average molecular weight is 357 g/mol. The molecule has 0 spiro atoms. The first-order valence-electron chi connectivity index (χ1n) is 6.76. The first-order chi connectivity index (χ1) is 10.4. The molecule has 0 saturated heterocycles. The van der Waals surface area contributed by atoms with Crippen LogP contribution in [0.1, 0.15) is 19.4 Å². The van der Waals surface area contributed by atoms with Gasteiger partial charge in [0.25, 0.3) is 0 Å². The van der Waals surface area contributed by atoms with Gasteiger partial charge in [-0.25, -0.2) is 0 Å². The lowest BCUT2D eigenvalue weighted by atomic mass is 10.1. The molecule has 22 heavy (non-hydrogen) atoms. The van der Waals surface area contributed by atoms with Gasteiger partial charge in [0.2, 0.25) is 0 Å². The molecule has 3 nitrogen and oxygen atoms in total. The van der Waals surface area contributed by atoms with E-state index in [0.717, 1.165) is 17.0 Å². The molecule has 0 heterocycles. The predicted molar refractivity (Wildman–Crippen MR) is 97.6 cm³/mol. The van der Waals surface area contributed by atoms with Gasteiger partial charge in [-0.15, -0.1) is 0 Å². The van der Waals surface area contributed by atoms with E-state index in [2.05, 4.69) is 5.10 Å². The van der Waals surface area contributed by atoms with Crippen LogP contribution in [0, 0.1) is 0 Å². The van der Waals surface area contributed by atoms with E-state index in [4.69, 9.17) is 40.5 Å². The van der Waals surface area contributed by atoms with Crippen molar-refractivity contribution < 1.29 is 0 Å². The van der Waals surface area contributed by atoms with E-state index in [1.54, 1.807) is 29.3 Å². The maximum atomic E-state index is 6.26. The van der Waals surface area contributed by atoms with Crippen LogP contribution in [-0.4, -0.2) is 12.3 Å². The van der Waals surface area contributed by atoms with E-state index in [9.17, 15) is 0 Å². The van der Waals surface area contributed by atoms with Gasteiger partial charge in [-0.2, -0.15) is 5.10 Å². The molecule has 0 amide bonds. The monoisotopic (exact) mass is 355 g/mol. The lowest BCUT2D eigenvalue weighted by Crippen LogP contribution is -2.18. The zero-order valence-corrected chi connectivity index (χ0v) is 14.5. The number of halogens is 3. The number of nitrogens with two attached hydrogens (primary N) is 1. The minimum absolute atomic E-state index is 0.474. The van der Waals surface area contributed by atoms with Gasteiger partial charge in [0.15, 0.2) is 0 Å². The van der Waals surface area contributed by atoms with Gasteiger partial charge in [0.05, 0.1) is 21.4 Å². The van der Waals surface area contributed by atoms with E-state index >= 15 is 0 Å². The van der Waals surface area contributed by atoms with Gasteiger partial charge in [-0.1, -0.05) is 40.9 Å². The molecule has 2 aromatic carbocycles. The minimum atomic E-state index is 0.474. The molecule has 116 valence electrons. The largest absolute Gasteiger partial charge is 0.398 e. The van der Waals surface area contributed by atoms with Crippen LogP contribution in [0.4, 0.5) is 11.4 Å². The number of nitrogens with zero attached hydrogens (tertiary/aromatic N) is 2. The lowest BCUT2D eigenvalue weighted by Gasteiger charge is -2.20. The van der Waals surface area contributed by atoms with Crippen LogP contribution in [0.3, 0.4) is 0 Å². The molecule has 0 saturated carbocycles. The number of rotatable bonds is 4. The normalized spacial score (nSPS) is 11.6. The Hall–Kier alpha value is -1.42. The summed E-state index contributed by atoms with van der Waals surface area (Å²) in [5.41, 5.74) is 8.91. The van der Waals surface area contributed by atoms with Crippen molar-refractivity contribution in [2.75, 3.05) is 17.3 Å². The van der Waals surface area contributed by atoms with Crippen molar-refractivity contribution in [2.24, 2.45) is 5.10 Å². The topological polar surface area (TPSA) is 41.6 Å². The summed E-state index contributed by atoms with van der Waals surface area (Å²) in [7, 11) is 0. The van der Waals surface area contributed by atoms with Crippen LogP contribution in [0.5, 0.6) is 0 Å². The van der Waals surface area contributed by atoms with Crippen molar-refractivity contribution in [1.82, 2.24) is 0 Å². The van der Waals surface area contributed by atoms with Gasteiger partial charge < -0.3 is 5.73 Å². The fraction of sp³-hybridized carbons (Fsp3) is 0.188. The molecule has 0 bridgehead atoms. The Kier molecular flexibility index (Phi) is 5.57. The molecular formula is C16H16Cl3N3. The summed E-state index contributed by atoms with van der Waals surface area (Å²) in [4.78, 5) is 0. The van der Waals surface area contributed by atoms with E-state index < -0.39 is 0 Å². The molecule has 0 aliphatic rings. The zero-order chi connectivity index (χ0) is 16.3. The van der Waals surface area contributed by atoms with Crippen LogP contribution >= 0.6 is 34.8 Å². The Morgan fingerprint density at radius 3 is 2.59 bits per heavy atom. The third-order valence-electron chi connectivity index (χ3n) is 3.18. The third-order valence-corrected chi connectivity index (χ3v) is 4.23. The maximum Gasteiger partial charge on any atom is 0.0845 e. The number of hydrazone groups is 1. The minimum Gasteiger partial charge on any atom is -0.398 e. The van der Waals surface area contributed by atoms with Crippen molar-refractivity contribution in [3.8, 4) is 0 Å². The highest BCUT2D eigenvalue weighted by Crippen LogP contribution is 2.32. The van der Waals surface area contributed by atoms with Crippen molar-refractivity contribution in [3.63, 3.8) is 0 Å². The van der Waals surface area contributed by atoms with Gasteiger partial charge in [0.1, 0.15) is 0 Å². The zero-order valence-electron chi connectivity index (χ0n) is 12.3. The molecule has 2 N–H and O–H groups in total. The molecule has 0 aliphatic carbocycles. The number of benzene rings is 2. The number of nitrogen functional groups attached to an aromatic ring is 1. The SMILES string of the molecule is CCN(/N=C(\C)c1cc(Cl)ccc1N)c1cccc(Cl)c1Cl. The molecule has 0 atom stereocenters. The fourth-order valence-corrected chi connectivity index (χ4v) is 2.63. The quantitative estimate of drug-likeness (QED) is 0.448. The van der Waals surface area contributed by atoms with Crippen LogP contribution in [0.25, 0.3) is 0 Å². The van der Waals surface area contributed by atoms with E-state index in [-0.39, 0.29) is 0 Å².